The zero-order chi connectivity index (χ0) is 18.1. The molecule has 0 radical (unpaired) electrons. The third-order valence-electron chi connectivity index (χ3n) is 3.71. The van der Waals surface area contributed by atoms with Crippen molar-refractivity contribution >= 4 is 5.97 Å². The molecular weight excluding hydrogens is 314 g/mol. The molecule has 0 aliphatic heterocycles. The van der Waals surface area contributed by atoms with Crippen LogP contribution in [0.15, 0.2) is 67.3 Å². The number of likely N-dealkylation sites (N-methyl/N-ethyl adjacent to an activating group) is 1. The summed E-state index contributed by atoms with van der Waals surface area (Å²) in [6.45, 7) is 4.90. The van der Waals surface area contributed by atoms with Crippen LogP contribution < -0.4 is 4.74 Å². The van der Waals surface area contributed by atoms with Crippen molar-refractivity contribution in [3.05, 3.63) is 78.4 Å². The molecule has 4 nitrogen and oxygen atoms in total. The van der Waals surface area contributed by atoms with E-state index in [1.165, 1.54) is 0 Å². The molecule has 1 atom stereocenters. The minimum absolute atomic E-state index is 0.223. The lowest BCUT2D eigenvalue weighted by molar-refractivity contribution is -0.144. The summed E-state index contributed by atoms with van der Waals surface area (Å²) in [6.07, 6.45) is 1.57. The average molecular weight is 339 g/mol. The maximum absolute atomic E-state index is 12.3. The van der Waals surface area contributed by atoms with Gasteiger partial charge < -0.3 is 14.4 Å². The number of benzene rings is 2. The average Bonchev–Trinajstić information content (AvgIpc) is 2.63. The molecule has 132 valence electrons. The number of esters is 1. The molecular formula is C21H25NO3. The zero-order valence-corrected chi connectivity index (χ0v) is 14.9. The Labute approximate surface area is 149 Å². The Hall–Kier alpha value is -2.59. The standard InChI is InChI=1S/C21H25NO3/c1-4-14-24-21(23)20(15-22(2)3)18-10-12-19(13-11-18)25-16-17-8-6-5-7-9-17/h4-13,20H,1,14-16H2,2-3H3. The van der Waals surface area contributed by atoms with E-state index in [-0.39, 0.29) is 18.5 Å². The normalized spacial score (nSPS) is 11.8. The van der Waals surface area contributed by atoms with Crippen molar-refractivity contribution in [1.82, 2.24) is 4.90 Å². The molecule has 0 aliphatic rings. The summed E-state index contributed by atoms with van der Waals surface area (Å²) in [4.78, 5) is 14.3. The predicted octanol–water partition coefficient (Wildman–Crippen LogP) is 3.64. The van der Waals surface area contributed by atoms with Crippen LogP contribution in [0.1, 0.15) is 17.0 Å². The Morgan fingerprint density at radius 1 is 1.12 bits per heavy atom. The highest BCUT2D eigenvalue weighted by Gasteiger charge is 2.22. The molecule has 2 aromatic rings. The molecule has 0 spiro atoms. The van der Waals surface area contributed by atoms with Gasteiger partial charge in [0.25, 0.3) is 0 Å². The van der Waals surface area contributed by atoms with E-state index < -0.39 is 0 Å². The van der Waals surface area contributed by atoms with Gasteiger partial charge in [0.2, 0.25) is 0 Å². The minimum atomic E-state index is -0.335. The molecule has 4 heteroatoms. The summed E-state index contributed by atoms with van der Waals surface area (Å²) in [5.41, 5.74) is 2.03. The number of carbonyl (C=O) groups is 1. The monoisotopic (exact) mass is 339 g/mol. The van der Waals surface area contributed by atoms with Crippen molar-refractivity contribution in [3.63, 3.8) is 0 Å². The van der Waals surface area contributed by atoms with Gasteiger partial charge in [0.05, 0.1) is 5.92 Å². The molecule has 0 saturated carbocycles. The topological polar surface area (TPSA) is 38.8 Å². The summed E-state index contributed by atoms with van der Waals surface area (Å²) in [5.74, 6) is 0.195. The first-order valence-electron chi connectivity index (χ1n) is 8.29. The van der Waals surface area contributed by atoms with Gasteiger partial charge in [0.1, 0.15) is 19.0 Å². The maximum Gasteiger partial charge on any atom is 0.315 e. The van der Waals surface area contributed by atoms with Crippen LogP contribution in [0.25, 0.3) is 0 Å². The highest BCUT2D eigenvalue weighted by molar-refractivity contribution is 5.78. The fraction of sp³-hybridized carbons (Fsp3) is 0.286. The van der Waals surface area contributed by atoms with Crippen LogP contribution >= 0.6 is 0 Å². The summed E-state index contributed by atoms with van der Waals surface area (Å²) < 4.78 is 11.0. The Kier molecular flexibility index (Phi) is 7.23. The smallest absolute Gasteiger partial charge is 0.315 e. The van der Waals surface area contributed by atoms with Gasteiger partial charge in [-0.3, -0.25) is 4.79 Å². The van der Waals surface area contributed by atoms with Crippen molar-refractivity contribution in [1.29, 1.82) is 0 Å². The van der Waals surface area contributed by atoms with Crippen molar-refractivity contribution in [2.75, 3.05) is 27.2 Å². The quantitative estimate of drug-likeness (QED) is 0.516. The molecule has 0 fully saturated rings. The Bertz CT molecular complexity index is 665. The third kappa shape index (κ3) is 6.08. The second-order valence-electron chi connectivity index (χ2n) is 6.08. The van der Waals surface area contributed by atoms with Gasteiger partial charge in [-0.05, 0) is 37.4 Å². The highest BCUT2D eigenvalue weighted by atomic mass is 16.5. The van der Waals surface area contributed by atoms with Gasteiger partial charge >= 0.3 is 5.97 Å². The van der Waals surface area contributed by atoms with E-state index in [4.69, 9.17) is 9.47 Å². The van der Waals surface area contributed by atoms with E-state index in [0.29, 0.717) is 13.2 Å². The lowest BCUT2D eigenvalue weighted by Gasteiger charge is -2.20. The number of carbonyl (C=O) groups excluding carboxylic acids is 1. The van der Waals surface area contributed by atoms with E-state index in [9.17, 15) is 4.79 Å². The van der Waals surface area contributed by atoms with Crippen LogP contribution in [0.3, 0.4) is 0 Å². The summed E-state index contributed by atoms with van der Waals surface area (Å²) in [5, 5.41) is 0. The number of ether oxygens (including phenoxy) is 2. The van der Waals surface area contributed by atoms with Crippen molar-refractivity contribution in [2.24, 2.45) is 0 Å². The Morgan fingerprint density at radius 2 is 1.80 bits per heavy atom. The van der Waals surface area contributed by atoms with Crippen LogP contribution in [0.2, 0.25) is 0 Å². The molecule has 0 aromatic heterocycles. The van der Waals surface area contributed by atoms with Crippen LogP contribution in [0, 0.1) is 0 Å². The molecule has 0 saturated heterocycles. The molecule has 0 amide bonds. The van der Waals surface area contributed by atoms with E-state index in [1.807, 2.05) is 73.6 Å². The van der Waals surface area contributed by atoms with Gasteiger partial charge in [-0.15, -0.1) is 0 Å². The SMILES string of the molecule is C=CCOC(=O)C(CN(C)C)c1ccc(OCc2ccccc2)cc1. The Morgan fingerprint density at radius 3 is 2.40 bits per heavy atom. The van der Waals surface area contributed by atoms with Crippen molar-refractivity contribution in [3.8, 4) is 5.75 Å². The summed E-state index contributed by atoms with van der Waals surface area (Å²) in [6, 6.07) is 17.6. The predicted molar refractivity (Wildman–Crippen MR) is 99.7 cm³/mol. The summed E-state index contributed by atoms with van der Waals surface area (Å²) in [7, 11) is 3.87. The third-order valence-corrected chi connectivity index (χ3v) is 3.71. The van der Waals surface area contributed by atoms with Gasteiger partial charge in [-0.25, -0.2) is 0 Å². The second-order valence-corrected chi connectivity index (χ2v) is 6.08. The first kappa shape index (κ1) is 18.7. The molecule has 2 rings (SSSR count). The largest absolute Gasteiger partial charge is 0.489 e. The number of hydrogen-bond donors (Lipinski definition) is 0. The van der Waals surface area contributed by atoms with Gasteiger partial charge in [0.15, 0.2) is 0 Å². The van der Waals surface area contributed by atoms with Crippen LogP contribution in [0.4, 0.5) is 0 Å². The van der Waals surface area contributed by atoms with E-state index in [1.54, 1.807) is 6.08 Å². The van der Waals surface area contributed by atoms with Crippen LogP contribution in [0.5, 0.6) is 5.75 Å². The minimum Gasteiger partial charge on any atom is -0.489 e. The molecule has 1 unspecified atom stereocenters. The van der Waals surface area contributed by atoms with E-state index >= 15 is 0 Å². The summed E-state index contributed by atoms with van der Waals surface area (Å²) >= 11 is 0. The van der Waals surface area contributed by atoms with Gasteiger partial charge in [0, 0.05) is 6.54 Å². The molecule has 0 aliphatic carbocycles. The zero-order valence-electron chi connectivity index (χ0n) is 14.9. The van der Waals surface area contributed by atoms with Gasteiger partial charge in [-0.1, -0.05) is 55.1 Å². The number of rotatable bonds is 9. The lowest BCUT2D eigenvalue weighted by atomic mass is 9.98. The van der Waals surface area contributed by atoms with Crippen molar-refractivity contribution in [2.45, 2.75) is 12.5 Å². The Balaban J connectivity index is 2.03. The van der Waals surface area contributed by atoms with E-state index in [0.717, 1.165) is 16.9 Å². The fourth-order valence-electron chi connectivity index (χ4n) is 2.46. The molecule has 2 aromatic carbocycles. The van der Waals surface area contributed by atoms with Crippen LogP contribution in [-0.2, 0) is 16.1 Å². The fourth-order valence-corrected chi connectivity index (χ4v) is 2.46. The molecule has 25 heavy (non-hydrogen) atoms. The highest BCUT2D eigenvalue weighted by Crippen LogP contribution is 2.22. The van der Waals surface area contributed by atoms with E-state index in [2.05, 4.69) is 6.58 Å². The lowest BCUT2D eigenvalue weighted by Crippen LogP contribution is -2.27. The molecule has 0 N–H and O–H groups in total. The molecule has 0 bridgehead atoms. The second kappa shape index (κ2) is 9.64. The first-order valence-corrected chi connectivity index (χ1v) is 8.29. The van der Waals surface area contributed by atoms with Gasteiger partial charge in [-0.2, -0.15) is 0 Å². The van der Waals surface area contributed by atoms with Crippen LogP contribution in [-0.4, -0.2) is 38.1 Å². The first-order chi connectivity index (χ1) is 12.1. The number of hydrogen-bond acceptors (Lipinski definition) is 4. The van der Waals surface area contributed by atoms with Crippen molar-refractivity contribution < 1.29 is 14.3 Å². The maximum atomic E-state index is 12.3. The molecule has 0 heterocycles. The number of nitrogens with zero attached hydrogens (tertiary/aromatic N) is 1.